The summed E-state index contributed by atoms with van der Waals surface area (Å²) in [5.41, 5.74) is 1.29. The molecule has 0 fully saturated rings. The summed E-state index contributed by atoms with van der Waals surface area (Å²) < 4.78 is 0. The van der Waals surface area contributed by atoms with Gasteiger partial charge in [-0.25, -0.2) is 9.97 Å². The maximum atomic E-state index is 10.7. The number of anilines is 1. The van der Waals surface area contributed by atoms with E-state index in [9.17, 15) is 10.1 Å². The van der Waals surface area contributed by atoms with Crippen LogP contribution in [0.3, 0.4) is 0 Å². The van der Waals surface area contributed by atoms with Crippen molar-refractivity contribution in [3.05, 3.63) is 57.6 Å². The molecule has 0 amide bonds. The standard InChI is InChI=1S/C11H9ClN4O2/c12-10-2-1-8(5-11(10)16(17)18)14-6-9-3-4-13-7-15-9/h1-5,7,14H,6H2. The van der Waals surface area contributed by atoms with Gasteiger partial charge in [-0.1, -0.05) is 11.6 Å². The summed E-state index contributed by atoms with van der Waals surface area (Å²) in [5.74, 6) is 0. The van der Waals surface area contributed by atoms with E-state index in [1.54, 1.807) is 18.3 Å². The van der Waals surface area contributed by atoms with Gasteiger partial charge < -0.3 is 5.32 Å². The van der Waals surface area contributed by atoms with Crippen LogP contribution in [0.25, 0.3) is 0 Å². The summed E-state index contributed by atoms with van der Waals surface area (Å²) in [4.78, 5) is 18.0. The van der Waals surface area contributed by atoms with Gasteiger partial charge in [0.15, 0.2) is 0 Å². The van der Waals surface area contributed by atoms with Crippen molar-refractivity contribution in [2.75, 3.05) is 5.32 Å². The number of benzene rings is 1. The van der Waals surface area contributed by atoms with Crippen LogP contribution in [0.5, 0.6) is 0 Å². The lowest BCUT2D eigenvalue weighted by Crippen LogP contribution is -2.02. The van der Waals surface area contributed by atoms with Gasteiger partial charge in [0.25, 0.3) is 5.69 Å². The summed E-state index contributed by atoms with van der Waals surface area (Å²) in [6, 6.07) is 6.32. The first kappa shape index (κ1) is 12.3. The van der Waals surface area contributed by atoms with E-state index in [1.165, 1.54) is 18.5 Å². The first-order chi connectivity index (χ1) is 8.66. The maximum Gasteiger partial charge on any atom is 0.289 e. The second-order valence-electron chi connectivity index (χ2n) is 3.48. The Balaban J connectivity index is 2.11. The molecular formula is C11H9ClN4O2. The SMILES string of the molecule is O=[N+]([O-])c1cc(NCc2ccncn2)ccc1Cl. The normalized spacial score (nSPS) is 10.1. The van der Waals surface area contributed by atoms with Gasteiger partial charge in [-0.3, -0.25) is 10.1 Å². The Hall–Kier alpha value is -2.21. The molecule has 7 heteroatoms. The number of nitrogens with zero attached hydrogens (tertiary/aromatic N) is 3. The fourth-order valence-electron chi connectivity index (χ4n) is 1.38. The molecule has 18 heavy (non-hydrogen) atoms. The zero-order chi connectivity index (χ0) is 13.0. The summed E-state index contributed by atoms with van der Waals surface area (Å²) in [5, 5.41) is 13.9. The van der Waals surface area contributed by atoms with Crippen molar-refractivity contribution in [1.29, 1.82) is 0 Å². The van der Waals surface area contributed by atoms with Crippen LogP contribution in [0.4, 0.5) is 11.4 Å². The predicted octanol–water partition coefficient (Wildman–Crippen LogP) is 2.65. The molecule has 1 aromatic carbocycles. The van der Waals surface area contributed by atoms with Crippen LogP contribution in [0, 0.1) is 10.1 Å². The van der Waals surface area contributed by atoms with Gasteiger partial charge in [-0.2, -0.15) is 0 Å². The van der Waals surface area contributed by atoms with Gasteiger partial charge in [0.1, 0.15) is 11.3 Å². The fraction of sp³-hybridized carbons (Fsp3) is 0.0909. The van der Waals surface area contributed by atoms with Gasteiger partial charge in [0.2, 0.25) is 0 Å². The smallest absolute Gasteiger partial charge is 0.289 e. The van der Waals surface area contributed by atoms with Gasteiger partial charge >= 0.3 is 0 Å². The number of nitrogens with one attached hydrogen (secondary N) is 1. The molecule has 0 aliphatic rings. The van der Waals surface area contributed by atoms with Crippen molar-refractivity contribution in [1.82, 2.24) is 9.97 Å². The molecular weight excluding hydrogens is 256 g/mol. The molecule has 0 aliphatic heterocycles. The monoisotopic (exact) mass is 264 g/mol. The van der Waals surface area contributed by atoms with Crippen LogP contribution in [-0.4, -0.2) is 14.9 Å². The second kappa shape index (κ2) is 5.42. The topological polar surface area (TPSA) is 81.0 Å². The van der Waals surface area contributed by atoms with Crippen molar-refractivity contribution < 1.29 is 4.92 Å². The average molecular weight is 265 g/mol. The van der Waals surface area contributed by atoms with Gasteiger partial charge in [0, 0.05) is 18.0 Å². The Kier molecular flexibility index (Phi) is 3.69. The van der Waals surface area contributed by atoms with Crippen LogP contribution >= 0.6 is 11.6 Å². The quantitative estimate of drug-likeness (QED) is 0.678. The average Bonchev–Trinajstić information content (AvgIpc) is 2.38. The molecule has 0 atom stereocenters. The molecule has 0 aliphatic carbocycles. The Bertz CT molecular complexity index is 562. The minimum Gasteiger partial charge on any atom is -0.379 e. The van der Waals surface area contributed by atoms with Crippen LogP contribution < -0.4 is 5.32 Å². The lowest BCUT2D eigenvalue weighted by Gasteiger charge is -2.05. The summed E-state index contributed by atoms with van der Waals surface area (Å²) >= 11 is 5.72. The first-order valence-electron chi connectivity index (χ1n) is 5.09. The molecule has 0 radical (unpaired) electrons. The van der Waals surface area contributed by atoms with Gasteiger partial charge in [0.05, 0.1) is 17.2 Å². The molecule has 2 aromatic rings. The van der Waals surface area contributed by atoms with Crippen molar-refractivity contribution in [3.8, 4) is 0 Å². The molecule has 2 rings (SSSR count). The fourth-order valence-corrected chi connectivity index (χ4v) is 1.56. The summed E-state index contributed by atoms with van der Waals surface area (Å²) in [7, 11) is 0. The highest BCUT2D eigenvalue weighted by molar-refractivity contribution is 6.32. The van der Waals surface area contributed by atoms with Crippen molar-refractivity contribution >= 4 is 23.0 Å². The number of aromatic nitrogens is 2. The van der Waals surface area contributed by atoms with Crippen molar-refractivity contribution in [2.24, 2.45) is 0 Å². The number of rotatable bonds is 4. The number of nitro benzene ring substituents is 1. The molecule has 6 nitrogen and oxygen atoms in total. The molecule has 0 spiro atoms. The second-order valence-corrected chi connectivity index (χ2v) is 3.88. The largest absolute Gasteiger partial charge is 0.379 e. The van der Waals surface area contributed by atoms with Crippen LogP contribution in [0.1, 0.15) is 5.69 Å². The highest BCUT2D eigenvalue weighted by Crippen LogP contribution is 2.27. The van der Waals surface area contributed by atoms with E-state index in [-0.39, 0.29) is 10.7 Å². The Morgan fingerprint density at radius 3 is 2.89 bits per heavy atom. The van der Waals surface area contributed by atoms with E-state index < -0.39 is 4.92 Å². The zero-order valence-corrected chi connectivity index (χ0v) is 9.96. The third kappa shape index (κ3) is 2.92. The molecule has 0 unspecified atom stereocenters. The van der Waals surface area contributed by atoms with E-state index in [0.717, 1.165) is 5.69 Å². The highest BCUT2D eigenvalue weighted by atomic mass is 35.5. The minimum atomic E-state index is -0.516. The van der Waals surface area contributed by atoms with Crippen molar-refractivity contribution in [2.45, 2.75) is 6.54 Å². The van der Waals surface area contributed by atoms with E-state index >= 15 is 0 Å². The lowest BCUT2D eigenvalue weighted by atomic mass is 10.2. The molecule has 1 N–H and O–H groups in total. The Morgan fingerprint density at radius 2 is 2.22 bits per heavy atom. The predicted molar refractivity (Wildman–Crippen MR) is 67.5 cm³/mol. The first-order valence-corrected chi connectivity index (χ1v) is 5.47. The van der Waals surface area contributed by atoms with Crippen LogP contribution in [0.2, 0.25) is 5.02 Å². The number of nitro groups is 1. The lowest BCUT2D eigenvalue weighted by molar-refractivity contribution is -0.384. The van der Waals surface area contributed by atoms with E-state index in [0.29, 0.717) is 12.2 Å². The molecule has 1 heterocycles. The van der Waals surface area contributed by atoms with Gasteiger partial charge in [-0.05, 0) is 18.2 Å². The molecule has 0 saturated heterocycles. The number of hydrogen-bond donors (Lipinski definition) is 1. The maximum absolute atomic E-state index is 10.7. The number of halogens is 1. The Morgan fingerprint density at radius 1 is 1.39 bits per heavy atom. The van der Waals surface area contributed by atoms with Gasteiger partial charge in [-0.15, -0.1) is 0 Å². The number of hydrogen-bond acceptors (Lipinski definition) is 5. The summed E-state index contributed by atoms with van der Waals surface area (Å²) in [6.07, 6.45) is 3.08. The Labute approximate surface area is 108 Å². The third-order valence-corrected chi connectivity index (χ3v) is 2.58. The minimum absolute atomic E-state index is 0.118. The van der Waals surface area contributed by atoms with Crippen molar-refractivity contribution in [3.63, 3.8) is 0 Å². The molecule has 1 aromatic heterocycles. The van der Waals surface area contributed by atoms with Crippen LogP contribution in [0.15, 0.2) is 36.8 Å². The van der Waals surface area contributed by atoms with Crippen LogP contribution in [-0.2, 0) is 6.54 Å². The molecule has 0 bridgehead atoms. The summed E-state index contributed by atoms with van der Waals surface area (Å²) in [6.45, 7) is 0.460. The molecule has 92 valence electrons. The van der Waals surface area contributed by atoms with E-state index in [2.05, 4.69) is 15.3 Å². The van der Waals surface area contributed by atoms with E-state index in [1.807, 2.05) is 0 Å². The highest BCUT2D eigenvalue weighted by Gasteiger charge is 2.12. The third-order valence-electron chi connectivity index (χ3n) is 2.26. The van der Waals surface area contributed by atoms with E-state index in [4.69, 9.17) is 11.6 Å². The zero-order valence-electron chi connectivity index (χ0n) is 9.21. The molecule has 0 saturated carbocycles.